The number of hydrogen-bond donors (Lipinski definition) is 2. The molecule has 0 aliphatic carbocycles. The number of carboxylic acid groups (broad SMARTS) is 1. The Morgan fingerprint density at radius 1 is 1.35 bits per heavy atom. The molecular formula is C10H12N2O4S. The first-order valence-corrected chi connectivity index (χ1v) is 5.57. The highest BCUT2D eigenvalue weighted by Crippen LogP contribution is 2.17. The summed E-state index contributed by atoms with van der Waals surface area (Å²) in [4.78, 5) is 35.5. The average Bonchev–Trinajstić information content (AvgIpc) is 2.61. The second kappa shape index (κ2) is 5.44. The lowest BCUT2D eigenvalue weighted by Gasteiger charge is -2.17. The van der Waals surface area contributed by atoms with Crippen LogP contribution in [0.5, 0.6) is 0 Å². The molecule has 0 unspecified atom stereocenters. The maximum atomic E-state index is 11.9. The number of nitrogens with zero attached hydrogens (tertiary/aromatic N) is 1. The van der Waals surface area contributed by atoms with E-state index in [1.54, 1.807) is 12.1 Å². The van der Waals surface area contributed by atoms with Crippen molar-refractivity contribution in [2.75, 3.05) is 13.1 Å². The first-order chi connectivity index (χ1) is 7.90. The monoisotopic (exact) mass is 256 g/mol. The van der Waals surface area contributed by atoms with E-state index in [0.717, 1.165) is 9.78 Å². The lowest BCUT2D eigenvalue weighted by atomic mass is 10.3. The standard InChI is InChI=1S/C10H12N2O4S/c1-6-2-3-7(17-6)10(16)12(4-8(11)13)5-9(14)15/h2-3H,4-5H2,1H3,(H2,11,13)(H,14,15). The maximum Gasteiger partial charge on any atom is 0.323 e. The van der Waals surface area contributed by atoms with Crippen LogP contribution in [0.1, 0.15) is 14.5 Å². The Morgan fingerprint density at radius 2 is 2.00 bits per heavy atom. The van der Waals surface area contributed by atoms with E-state index in [1.807, 2.05) is 6.92 Å². The number of amides is 2. The summed E-state index contributed by atoms with van der Waals surface area (Å²) in [6.07, 6.45) is 0. The van der Waals surface area contributed by atoms with E-state index in [-0.39, 0.29) is 0 Å². The molecule has 1 aromatic heterocycles. The number of thiophene rings is 1. The molecule has 0 aliphatic heterocycles. The number of carboxylic acids is 1. The molecule has 0 spiro atoms. The Bertz CT molecular complexity index is 439. The molecule has 1 heterocycles. The van der Waals surface area contributed by atoms with E-state index in [4.69, 9.17) is 10.8 Å². The fourth-order valence-corrected chi connectivity index (χ4v) is 2.09. The molecule has 0 bridgehead atoms. The first kappa shape index (κ1) is 13.2. The van der Waals surface area contributed by atoms with Gasteiger partial charge >= 0.3 is 5.97 Å². The summed E-state index contributed by atoms with van der Waals surface area (Å²) < 4.78 is 0. The molecule has 0 aromatic carbocycles. The highest BCUT2D eigenvalue weighted by Gasteiger charge is 2.21. The molecule has 2 amide bonds. The first-order valence-electron chi connectivity index (χ1n) is 4.76. The van der Waals surface area contributed by atoms with Gasteiger partial charge in [0.15, 0.2) is 0 Å². The van der Waals surface area contributed by atoms with Gasteiger partial charge in [-0.25, -0.2) is 0 Å². The molecule has 6 nitrogen and oxygen atoms in total. The topological polar surface area (TPSA) is 101 Å². The summed E-state index contributed by atoms with van der Waals surface area (Å²) in [7, 11) is 0. The Labute approximate surface area is 102 Å². The zero-order chi connectivity index (χ0) is 13.0. The molecule has 0 aliphatic rings. The van der Waals surface area contributed by atoms with Crippen LogP contribution in [-0.4, -0.2) is 40.9 Å². The fraction of sp³-hybridized carbons (Fsp3) is 0.300. The van der Waals surface area contributed by atoms with Crippen molar-refractivity contribution < 1.29 is 19.5 Å². The van der Waals surface area contributed by atoms with Crippen molar-refractivity contribution in [1.82, 2.24) is 4.90 Å². The molecule has 0 saturated heterocycles. The minimum Gasteiger partial charge on any atom is -0.480 e. The van der Waals surface area contributed by atoms with Gasteiger partial charge in [0.25, 0.3) is 5.91 Å². The number of rotatable bonds is 5. The maximum absolute atomic E-state index is 11.9. The fourth-order valence-electron chi connectivity index (χ4n) is 1.26. The molecule has 0 saturated carbocycles. The predicted octanol–water partition coefficient (Wildman–Crippen LogP) is 0.0686. The van der Waals surface area contributed by atoms with Crippen LogP contribution in [0.15, 0.2) is 12.1 Å². The molecular weight excluding hydrogens is 244 g/mol. The van der Waals surface area contributed by atoms with Gasteiger partial charge in [0, 0.05) is 4.88 Å². The van der Waals surface area contributed by atoms with Crippen LogP contribution in [0.3, 0.4) is 0 Å². The molecule has 3 N–H and O–H groups in total. The Hall–Kier alpha value is -1.89. The lowest BCUT2D eigenvalue weighted by Crippen LogP contribution is -2.41. The van der Waals surface area contributed by atoms with Gasteiger partial charge in [-0.2, -0.15) is 0 Å². The van der Waals surface area contributed by atoms with Crippen LogP contribution in [0, 0.1) is 6.92 Å². The molecule has 1 rings (SSSR count). The Balaban J connectivity index is 2.85. The van der Waals surface area contributed by atoms with Gasteiger partial charge in [-0.3, -0.25) is 14.4 Å². The number of aliphatic carboxylic acids is 1. The van der Waals surface area contributed by atoms with Crippen LogP contribution in [0.2, 0.25) is 0 Å². The zero-order valence-electron chi connectivity index (χ0n) is 9.17. The largest absolute Gasteiger partial charge is 0.480 e. The third kappa shape index (κ3) is 3.87. The van der Waals surface area contributed by atoms with Crippen LogP contribution in [-0.2, 0) is 9.59 Å². The number of hydrogen-bond acceptors (Lipinski definition) is 4. The van der Waals surface area contributed by atoms with Gasteiger partial charge in [0.1, 0.15) is 13.1 Å². The molecule has 1 aromatic rings. The number of primary amides is 1. The average molecular weight is 256 g/mol. The lowest BCUT2D eigenvalue weighted by molar-refractivity contribution is -0.138. The van der Waals surface area contributed by atoms with Gasteiger partial charge < -0.3 is 15.7 Å². The number of nitrogens with two attached hydrogens (primary N) is 1. The van der Waals surface area contributed by atoms with Gasteiger partial charge in [0.2, 0.25) is 5.91 Å². The van der Waals surface area contributed by atoms with Crippen molar-refractivity contribution in [3.8, 4) is 0 Å². The quantitative estimate of drug-likeness (QED) is 0.778. The number of carbonyl (C=O) groups is 3. The van der Waals surface area contributed by atoms with Crippen LogP contribution in [0.4, 0.5) is 0 Å². The molecule has 17 heavy (non-hydrogen) atoms. The van der Waals surface area contributed by atoms with E-state index < -0.39 is 30.9 Å². The zero-order valence-corrected chi connectivity index (χ0v) is 9.99. The summed E-state index contributed by atoms with van der Waals surface area (Å²) in [6, 6.07) is 3.35. The van der Waals surface area contributed by atoms with E-state index in [2.05, 4.69) is 0 Å². The van der Waals surface area contributed by atoms with Crippen molar-refractivity contribution in [1.29, 1.82) is 0 Å². The SMILES string of the molecule is Cc1ccc(C(=O)N(CC(N)=O)CC(=O)O)s1. The van der Waals surface area contributed by atoms with E-state index >= 15 is 0 Å². The minimum atomic E-state index is -1.19. The van der Waals surface area contributed by atoms with E-state index in [1.165, 1.54) is 11.3 Å². The molecule has 0 radical (unpaired) electrons. The van der Waals surface area contributed by atoms with Gasteiger partial charge in [-0.1, -0.05) is 0 Å². The Morgan fingerprint density at radius 3 is 2.41 bits per heavy atom. The highest BCUT2D eigenvalue weighted by molar-refractivity contribution is 7.13. The minimum absolute atomic E-state index is 0.394. The predicted molar refractivity (Wildman–Crippen MR) is 61.8 cm³/mol. The molecule has 7 heteroatoms. The summed E-state index contributed by atoms with van der Waals surface area (Å²) in [5.41, 5.74) is 4.97. The van der Waals surface area contributed by atoms with Crippen LogP contribution >= 0.6 is 11.3 Å². The third-order valence-electron chi connectivity index (χ3n) is 1.91. The summed E-state index contributed by atoms with van der Waals surface area (Å²) in [6.45, 7) is 0.887. The van der Waals surface area contributed by atoms with Gasteiger partial charge in [-0.15, -0.1) is 11.3 Å². The van der Waals surface area contributed by atoms with Crippen molar-refractivity contribution in [2.24, 2.45) is 5.73 Å². The van der Waals surface area contributed by atoms with Crippen molar-refractivity contribution in [3.63, 3.8) is 0 Å². The van der Waals surface area contributed by atoms with Gasteiger partial charge in [-0.05, 0) is 19.1 Å². The normalized spacial score (nSPS) is 9.94. The molecule has 0 fully saturated rings. The van der Waals surface area contributed by atoms with E-state index in [9.17, 15) is 14.4 Å². The number of carbonyl (C=O) groups excluding carboxylic acids is 2. The second-order valence-electron chi connectivity index (χ2n) is 3.43. The van der Waals surface area contributed by atoms with Crippen LogP contribution in [0.25, 0.3) is 0 Å². The summed E-state index contributed by atoms with van der Waals surface area (Å²) in [5, 5.41) is 8.66. The Kier molecular flexibility index (Phi) is 4.22. The molecule has 0 atom stereocenters. The second-order valence-corrected chi connectivity index (χ2v) is 4.72. The summed E-state index contributed by atoms with van der Waals surface area (Å²) in [5.74, 6) is -2.43. The van der Waals surface area contributed by atoms with Gasteiger partial charge in [0.05, 0.1) is 4.88 Å². The summed E-state index contributed by atoms with van der Waals surface area (Å²) >= 11 is 1.24. The van der Waals surface area contributed by atoms with Crippen molar-refractivity contribution in [2.45, 2.75) is 6.92 Å². The molecule has 92 valence electrons. The van der Waals surface area contributed by atoms with Crippen molar-refractivity contribution >= 4 is 29.1 Å². The number of aryl methyl sites for hydroxylation is 1. The smallest absolute Gasteiger partial charge is 0.323 e. The van der Waals surface area contributed by atoms with Crippen molar-refractivity contribution in [3.05, 3.63) is 21.9 Å². The van der Waals surface area contributed by atoms with Crippen LogP contribution < -0.4 is 5.73 Å². The van der Waals surface area contributed by atoms with E-state index in [0.29, 0.717) is 4.88 Å². The highest BCUT2D eigenvalue weighted by atomic mass is 32.1. The third-order valence-corrected chi connectivity index (χ3v) is 2.90.